The zero-order chi connectivity index (χ0) is 19.2. The first-order valence-electron chi connectivity index (χ1n) is 8.70. The average Bonchev–Trinajstić information content (AvgIpc) is 2.64. The molecule has 2 heterocycles. The number of carbonyl (C=O) groups is 1. The first-order valence-corrected chi connectivity index (χ1v) is 8.70. The third-order valence-electron chi connectivity index (χ3n) is 4.19. The third kappa shape index (κ3) is 5.08. The van der Waals surface area contributed by atoms with E-state index in [-0.39, 0.29) is 23.7 Å². The van der Waals surface area contributed by atoms with Crippen LogP contribution < -0.4 is 21.7 Å². The fraction of sp³-hybridized carbons (Fsp3) is 0.412. The second-order valence-electron chi connectivity index (χ2n) is 6.46. The van der Waals surface area contributed by atoms with E-state index in [4.69, 9.17) is 11.0 Å². The van der Waals surface area contributed by atoms with Crippen molar-refractivity contribution in [3.8, 4) is 6.07 Å². The second-order valence-corrected chi connectivity index (χ2v) is 6.46. The van der Waals surface area contributed by atoms with E-state index in [0.29, 0.717) is 23.1 Å². The van der Waals surface area contributed by atoms with Gasteiger partial charge in [-0.15, -0.1) is 10.2 Å². The number of amides is 1. The van der Waals surface area contributed by atoms with Crippen LogP contribution in [-0.2, 0) is 4.79 Å². The molecule has 2 aromatic heterocycles. The molecular formula is C17H21N9O. The van der Waals surface area contributed by atoms with Gasteiger partial charge in [-0.1, -0.05) is 0 Å². The summed E-state index contributed by atoms with van der Waals surface area (Å²) in [5, 5.41) is 26.0. The van der Waals surface area contributed by atoms with Gasteiger partial charge in [0.25, 0.3) is 0 Å². The molecule has 5 N–H and O–H groups in total. The number of nitrogens with two attached hydrogens (primary N) is 1. The summed E-state index contributed by atoms with van der Waals surface area (Å²) in [6.07, 6.45) is 6.73. The number of nitriles is 1. The number of nitrogens with zero attached hydrogens (tertiary/aromatic N) is 5. The molecule has 10 heteroatoms. The monoisotopic (exact) mass is 367 g/mol. The third-order valence-corrected chi connectivity index (χ3v) is 4.19. The maximum absolute atomic E-state index is 11.5. The summed E-state index contributed by atoms with van der Waals surface area (Å²) in [4.78, 5) is 19.5. The van der Waals surface area contributed by atoms with E-state index in [9.17, 15) is 4.79 Å². The zero-order valence-electron chi connectivity index (χ0n) is 14.9. The number of carbonyl (C=O) groups excluding carboxylic acids is 1. The van der Waals surface area contributed by atoms with Crippen molar-refractivity contribution in [2.24, 2.45) is 5.73 Å². The van der Waals surface area contributed by atoms with Crippen molar-refractivity contribution in [2.45, 2.75) is 44.7 Å². The zero-order valence-corrected chi connectivity index (χ0v) is 14.9. The molecule has 0 aromatic carbocycles. The van der Waals surface area contributed by atoms with Crippen LogP contribution in [-0.4, -0.2) is 38.2 Å². The molecule has 0 radical (unpaired) electrons. The standard InChI is InChI=1S/C17H21N9O/c1-10(27)22-17-14(23-12-4-2-3-11(19)5-12)6-15(25-26-17)24-16-9-20-13(7-18)8-21-16/h6,8-9,11-12H,2-5,19H2,1H3,(H,22,26,27)(H2,21,23,24,25). The van der Waals surface area contributed by atoms with Crippen molar-refractivity contribution in [2.75, 3.05) is 16.0 Å². The molecule has 0 aliphatic heterocycles. The normalized spacial score (nSPS) is 19.0. The van der Waals surface area contributed by atoms with Gasteiger partial charge in [-0.2, -0.15) is 5.26 Å². The van der Waals surface area contributed by atoms with Crippen LogP contribution in [0, 0.1) is 11.3 Å². The molecule has 27 heavy (non-hydrogen) atoms. The Labute approximate surface area is 156 Å². The van der Waals surface area contributed by atoms with Crippen LogP contribution in [0.4, 0.5) is 23.1 Å². The Morgan fingerprint density at radius 3 is 2.78 bits per heavy atom. The predicted octanol–water partition coefficient (Wildman–Crippen LogP) is 1.52. The lowest BCUT2D eigenvalue weighted by atomic mass is 9.91. The fourth-order valence-corrected chi connectivity index (χ4v) is 2.98. The van der Waals surface area contributed by atoms with Crippen molar-refractivity contribution in [3.63, 3.8) is 0 Å². The fourth-order valence-electron chi connectivity index (χ4n) is 2.98. The highest BCUT2D eigenvalue weighted by molar-refractivity contribution is 5.91. The molecule has 3 rings (SSSR count). The molecule has 1 amide bonds. The average molecular weight is 367 g/mol. The van der Waals surface area contributed by atoms with E-state index in [1.54, 1.807) is 6.07 Å². The molecule has 0 saturated heterocycles. The van der Waals surface area contributed by atoms with Gasteiger partial charge >= 0.3 is 0 Å². The van der Waals surface area contributed by atoms with Gasteiger partial charge in [0.2, 0.25) is 5.91 Å². The van der Waals surface area contributed by atoms with Crippen LogP contribution in [0.15, 0.2) is 18.5 Å². The summed E-state index contributed by atoms with van der Waals surface area (Å²) >= 11 is 0. The van der Waals surface area contributed by atoms with Crippen LogP contribution in [0.1, 0.15) is 38.3 Å². The molecule has 140 valence electrons. The van der Waals surface area contributed by atoms with Gasteiger partial charge in [0.05, 0.1) is 18.1 Å². The largest absolute Gasteiger partial charge is 0.379 e. The molecule has 2 unspecified atom stereocenters. The van der Waals surface area contributed by atoms with Gasteiger partial charge in [-0.25, -0.2) is 9.97 Å². The van der Waals surface area contributed by atoms with Crippen molar-refractivity contribution in [3.05, 3.63) is 24.2 Å². The van der Waals surface area contributed by atoms with E-state index in [0.717, 1.165) is 25.7 Å². The second kappa shape index (κ2) is 8.37. The number of hydrogen-bond donors (Lipinski definition) is 4. The van der Waals surface area contributed by atoms with E-state index >= 15 is 0 Å². The van der Waals surface area contributed by atoms with Gasteiger partial charge in [-0.05, 0) is 25.7 Å². The molecule has 2 aromatic rings. The number of nitrogens with one attached hydrogen (secondary N) is 3. The summed E-state index contributed by atoms with van der Waals surface area (Å²) in [5.41, 5.74) is 6.95. The SMILES string of the molecule is CC(=O)Nc1nnc(Nc2cnc(C#N)cn2)cc1NC1CCCC(N)C1. The Morgan fingerprint density at radius 1 is 1.26 bits per heavy atom. The van der Waals surface area contributed by atoms with Gasteiger partial charge in [-0.3, -0.25) is 4.79 Å². The van der Waals surface area contributed by atoms with Crippen LogP contribution >= 0.6 is 0 Å². The Balaban J connectivity index is 1.80. The molecule has 1 aliphatic carbocycles. The molecule has 1 fully saturated rings. The molecule has 1 saturated carbocycles. The quantitative estimate of drug-likeness (QED) is 0.615. The predicted molar refractivity (Wildman–Crippen MR) is 100 cm³/mol. The van der Waals surface area contributed by atoms with Crippen LogP contribution in [0.3, 0.4) is 0 Å². The van der Waals surface area contributed by atoms with Crippen LogP contribution in [0.25, 0.3) is 0 Å². The van der Waals surface area contributed by atoms with Crippen molar-refractivity contribution < 1.29 is 4.79 Å². The first kappa shape index (κ1) is 18.5. The first-order chi connectivity index (χ1) is 13.0. The number of rotatable bonds is 5. The van der Waals surface area contributed by atoms with E-state index in [1.165, 1.54) is 19.3 Å². The summed E-state index contributed by atoms with van der Waals surface area (Å²) in [5.74, 6) is 0.997. The molecule has 0 spiro atoms. The lowest BCUT2D eigenvalue weighted by Gasteiger charge is -2.28. The van der Waals surface area contributed by atoms with E-state index < -0.39 is 0 Å². The number of hydrogen-bond acceptors (Lipinski definition) is 9. The minimum Gasteiger partial charge on any atom is -0.379 e. The van der Waals surface area contributed by atoms with Crippen LogP contribution in [0.2, 0.25) is 0 Å². The molecule has 10 nitrogen and oxygen atoms in total. The summed E-state index contributed by atoms with van der Waals surface area (Å²) in [6, 6.07) is 4.03. The Bertz CT molecular complexity index is 846. The summed E-state index contributed by atoms with van der Waals surface area (Å²) in [6.45, 7) is 1.42. The van der Waals surface area contributed by atoms with Crippen LogP contribution in [0.5, 0.6) is 0 Å². The van der Waals surface area contributed by atoms with Gasteiger partial charge in [0, 0.05) is 25.1 Å². The highest BCUT2D eigenvalue weighted by Crippen LogP contribution is 2.27. The molecule has 2 atom stereocenters. The Kier molecular flexibility index (Phi) is 5.73. The maximum atomic E-state index is 11.5. The highest BCUT2D eigenvalue weighted by Gasteiger charge is 2.21. The minimum absolute atomic E-state index is 0.168. The van der Waals surface area contributed by atoms with E-state index in [1.807, 2.05) is 6.07 Å². The lowest BCUT2D eigenvalue weighted by molar-refractivity contribution is -0.114. The lowest BCUT2D eigenvalue weighted by Crippen LogP contribution is -2.35. The summed E-state index contributed by atoms with van der Waals surface area (Å²) < 4.78 is 0. The number of anilines is 4. The van der Waals surface area contributed by atoms with Crippen molar-refractivity contribution in [1.82, 2.24) is 20.2 Å². The van der Waals surface area contributed by atoms with Gasteiger partial charge in [0.15, 0.2) is 17.3 Å². The van der Waals surface area contributed by atoms with E-state index in [2.05, 4.69) is 36.1 Å². The molecular weight excluding hydrogens is 346 g/mol. The molecule has 1 aliphatic rings. The highest BCUT2D eigenvalue weighted by atomic mass is 16.1. The summed E-state index contributed by atoms with van der Waals surface area (Å²) in [7, 11) is 0. The van der Waals surface area contributed by atoms with Crippen molar-refractivity contribution >= 4 is 29.0 Å². The maximum Gasteiger partial charge on any atom is 0.222 e. The Morgan fingerprint density at radius 2 is 2.11 bits per heavy atom. The smallest absolute Gasteiger partial charge is 0.222 e. The minimum atomic E-state index is -0.230. The van der Waals surface area contributed by atoms with Gasteiger partial charge < -0.3 is 21.7 Å². The molecule has 0 bridgehead atoms. The topological polar surface area (TPSA) is 155 Å². The van der Waals surface area contributed by atoms with Gasteiger partial charge in [0.1, 0.15) is 11.9 Å². The number of aromatic nitrogens is 4. The van der Waals surface area contributed by atoms with Crippen molar-refractivity contribution in [1.29, 1.82) is 5.26 Å². The Hall–Kier alpha value is -3.32.